The number of aromatic nitrogens is 2. The van der Waals surface area contributed by atoms with Crippen molar-refractivity contribution in [3.8, 4) is 0 Å². The van der Waals surface area contributed by atoms with Gasteiger partial charge < -0.3 is 20.5 Å². The van der Waals surface area contributed by atoms with Crippen LogP contribution in [0.3, 0.4) is 0 Å². The number of carboxylic acid groups (broad SMARTS) is 1. The van der Waals surface area contributed by atoms with Crippen molar-refractivity contribution >= 4 is 17.6 Å². The average Bonchev–Trinajstić information content (AvgIpc) is 2.97. The van der Waals surface area contributed by atoms with Gasteiger partial charge in [0.2, 0.25) is 11.6 Å². The summed E-state index contributed by atoms with van der Waals surface area (Å²) in [7, 11) is 1.61. The summed E-state index contributed by atoms with van der Waals surface area (Å²) in [6.45, 7) is 1.62. The Kier molecular flexibility index (Phi) is 2.30. The van der Waals surface area contributed by atoms with Gasteiger partial charge >= 0.3 is 11.8 Å². The van der Waals surface area contributed by atoms with Gasteiger partial charge in [0.05, 0.1) is 0 Å². The van der Waals surface area contributed by atoms with Crippen LogP contribution in [-0.4, -0.2) is 31.1 Å². The zero-order valence-corrected chi connectivity index (χ0v) is 9.43. The largest absolute Gasteiger partial charge is 0.480 e. The van der Waals surface area contributed by atoms with Gasteiger partial charge in [0.25, 0.3) is 0 Å². The van der Waals surface area contributed by atoms with Crippen LogP contribution in [0.4, 0.5) is 11.6 Å². The number of aryl methyl sites for hydroxylation is 1. The summed E-state index contributed by atoms with van der Waals surface area (Å²) in [5.74, 6) is -0.726. The first kappa shape index (κ1) is 11.4. The van der Waals surface area contributed by atoms with Gasteiger partial charge in [0.1, 0.15) is 5.54 Å². The van der Waals surface area contributed by atoms with Crippen molar-refractivity contribution in [3.05, 3.63) is 15.9 Å². The molecule has 0 aromatic carbocycles. The minimum absolute atomic E-state index is 0.146. The third-order valence-electron chi connectivity index (χ3n) is 2.99. The van der Waals surface area contributed by atoms with Gasteiger partial charge in [-0.15, -0.1) is 0 Å². The summed E-state index contributed by atoms with van der Waals surface area (Å²) in [5, 5.41) is 22.6. The highest BCUT2D eigenvalue weighted by Crippen LogP contribution is 2.41. The van der Waals surface area contributed by atoms with E-state index in [-0.39, 0.29) is 11.6 Å². The van der Waals surface area contributed by atoms with Crippen LogP contribution in [0.2, 0.25) is 0 Å². The van der Waals surface area contributed by atoms with E-state index in [1.54, 1.807) is 14.0 Å². The minimum atomic E-state index is -1.06. The van der Waals surface area contributed by atoms with Gasteiger partial charge in [0.15, 0.2) is 0 Å². The fraction of sp³-hybridized carbons (Fsp3) is 0.556. The van der Waals surface area contributed by atoms with Crippen LogP contribution in [0.25, 0.3) is 0 Å². The topological polar surface area (TPSA) is 110 Å². The van der Waals surface area contributed by atoms with Crippen LogP contribution >= 0.6 is 0 Å². The van der Waals surface area contributed by atoms with E-state index in [9.17, 15) is 14.9 Å². The Morgan fingerprint density at radius 2 is 2.24 bits per heavy atom. The van der Waals surface area contributed by atoms with Crippen molar-refractivity contribution in [2.24, 2.45) is 7.05 Å². The van der Waals surface area contributed by atoms with Gasteiger partial charge in [-0.3, -0.25) is 4.57 Å². The van der Waals surface area contributed by atoms with E-state index < -0.39 is 16.4 Å². The zero-order chi connectivity index (χ0) is 12.8. The molecule has 1 aromatic heterocycles. The van der Waals surface area contributed by atoms with Crippen molar-refractivity contribution < 1.29 is 14.8 Å². The quantitative estimate of drug-likeness (QED) is 0.591. The van der Waals surface area contributed by atoms with Crippen molar-refractivity contribution in [2.75, 3.05) is 5.32 Å². The molecule has 0 radical (unpaired) electrons. The standard InChI is InChI=1S/C9H12N4O4/c1-5-10-6(13(16)17)7(12(5)2)11-9(3-4-9)8(14)15/h11H,3-4H2,1-2H3,(H,14,15). The molecular formula is C9H12N4O4. The molecule has 8 nitrogen and oxygen atoms in total. The number of nitro groups is 1. The van der Waals surface area contributed by atoms with Crippen LogP contribution in [0.15, 0.2) is 0 Å². The Balaban J connectivity index is 2.39. The molecule has 0 atom stereocenters. The lowest BCUT2D eigenvalue weighted by Gasteiger charge is -2.13. The van der Waals surface area contributed by atoms with E-state index in [0.717, 1.165) is 0 Å². The number of rotatable bonds is 4. The molecule has 92 valence electrons. The summed E-state index contributed by atoms with van der Waals surface area (Å²) >= 11 is 0. The van der Waals surface area contributed by atoms with Crippen LogP contribution in [-0.2, 0) is 11.8 Å². The predicted octanol–water partition coefficient (Wildman–Crippen LogP) is 0.666. The number of hydrogen-bond acceptors (Lipinski definition) is 5. The lowest BCUT2D eigenvalue weighted by atomic mass is 10.3. The van der Waals surface area contributed by atoms with Crippen LogP contribution in [0.5, 0.6) is 0 Å². The Morgan fingerprint density at radius 3 is 2.65 bits per heavy atom. The molecule has 0 amide bonds. The van der Waals surface area contributed by atoms with E-state index in [2.05, 4.69) is 10.3 Å². The molecule has 1 aliphatic carbocycles. The molecule has 0 bridgehead atoms. The second-order valence-electron chi connectivity index (χ2n) is 4.16. The first-order valence-corrected chi connectivity index (χ1v) is 5.07. The van der Waals surface area contributed by atoms with Gasteiger partial charge in [-0.05, 0) is 22.7 Å². The molecule has 8 heteroatoms. The van der Waals surface area contributed by atoms with Crippen molar-refractivity contribution in [1.82, 2.24) is 9.55 Å². The number of hydrogen-bond donors (Lipinski definition) is 2. The molecule has 0 unspecified atom stereocenters. The van der Waals surface area contributed by atoms with Crippen molar-refractivity contribution in [3.63, 3.8) is 0 Å². The van der Waals surface area contributed by atoms with Gasteiger partial charge in [-0.1, -0.05) is 0 Å². The lowest BCUT2D eigenvalue weighted by Crippen LogP contribution is -2.32. The third-order valence-corrected chi connectivity index (χ3v) is 2.99. The summed E-state index contributed by atoms with van der Waals surface area (Å²) < 4.78 is 1.49. The molecule has 17 heavy (non-hydrogen) atoms. The summed E-state index contributed by atoms with van der Waals surface area (Å²) in [4.78, 5) is 25.0. The van der Waals surface area contributed by atoms with Gasteiger partial charge in [0, 0.05) is 14.0 Å². The number of aliphatic carboxylic acids is 1. The van der Waals surface area contributed by atoms with E-state index in [1.807, 2.05) is 0 Å². The van der Waals surface area contributed by atoms with Gasteiger partial charge in [-0.2, -0.15) is 0 Å². The number of nitrogens with one attached hydrogen (secondary N) is 1. The monoisotopic (exact) mass is 240 g/mol. The van der Waals surface area contributed by atoms with Crippen LogP contribution < -0.4 is 5.32 Å². The minimum Gasteiger partial charge on any atom is -0.480 e. The Labute approximate surface area is 96.4 Å². The Bertz CT molecular complexity index is 503. The van der Waals surface area contributed by atoms with Crippen molar-refractivity contribution in [2.45, 2.75) is 25.3 Å². The van der Waals surface area contributed by atoms with Crippen molar-refractivity contribution in [1.29, 1.82) is 0 Å². The molecule has 0 aliphatic heterocycles. The zero-order valence-electron chi connectivity index (χ0n) is 9.43. The highest BCUT2D eigenvalue weighted by atomic mass is 16.6. The maximum atomic E-state index is 11.0. The highest BCUT2D eigenvalue weighted by Gasteiger charge is 2.52. The number of carbonyl (C=O) groups is 1. The molecule has 0 saturated heterocycles. The maximum Gasteiger partial charge on any atom is 0.406 e. The SMILES string of the molecule is Cc1nc([N+](=O)[O-])c(NC2(C(=O)O)CC2)n1C. The normalized spacial score (nSPS) is 16.6. The molecular weight excluding hydrogens is 228 g/mol. The summed E-state index contributed by atoms with van der Waals surface area (Å²) in [6, 6.07) is 0. The molecule has 1 aliphatic rings. The van der Waals surface area contributed by atoms with E-state index in [1.165, 1.54) is 4.57 Å². The second kappa shape index (κ2) is 3.44. The van der Waals surface area contributed by atoms with E-state index in [0.29, 0.717) is 18.7 Å². The smallest absolute Gasteiger partial charge is 0.406 e. The fourth-order valence-electron chi connectivity index (χ4n) is 1.60. The van der Waals surface area contributed by atoms with E-state index >= 15 is 0 Å². The summed E-state index contributed by atoms with van der Waals surface area (Å²) in [5.41, 5.74) is -1.06. The maximum absolute atomic E-state index is 11.0. The molecule has 1 heterocycles. The average molecular weight is 240 g/mol. The Hall–Kier alpha value is -2.12. The number of imidazole rings is 1. The highest BCUT2D eigenvalue weighted by molar-refractivity contribution is 5.86. The molecule has 2 N–H and O–H groups in total. The van der Waals surface area contributed by atoms with Gasteiger partial charge in [-0.25, -0.2) is 4.79 Å². The first-order chi connectivity index (χ1) is 7.87. The molecule has 2 rings (SSSR count). The summed E-state index contributed by atoms with van der Waals surface area (Å²) in [6.07, 6.45) is 0.924. The van der Waals surface area contributed by atoms with Crippen LogP contribution in [0, 0.1) is 17.0 Å². The fourth-order valence-corrected chi connectivity index (χ4v) is 1.60. The lowest BCUT2D eigenvalue weighted by molar-refractivity contribution is -0.388. The van der Waals surface area contributed by atoms with Crippen LogP contribution in [0.1, 0.15) is 18.7 Å². The third kappa shape index (κ3) is 1.71. The van der Waals surface area contributed by atoms with E-state index in [4.69, 9.17) is 5.11 Å². The number of nitrogens with zero attached hydrogens (tertiary/aromatic N) is 3. The number of carboxylic acids is 1. The predicted molar refractivity (Wildman–Crippen MR) is 57.8 cm³/mol. The Morgan fingerprint density at radius 1 is 1.65 bits per heavy atom. The molecule has 1 saturated carbocycles. The second-order valence-corrected chi connectivity index (χ2v) is 4.16. The molecule has 1 fully saturated rings. The first-order valence-electron chi connectivity index (χ1n) is 5.07. The molecule has 1 aromatic rings. The number of anilines is 1. The molecule has 0 spiro atoms.